The molecule has 1 heterocycles. The molecule has 0 saturated heterocycles. The molecule has 0 spiro atoms. The number of hydrogen-bond acceptors (Lipinski definition) is 5. The van der Waals surface area contributed by atoms with Crippen molar-refractivity contribution in [3.63, 3.8) is 0 Å². The Morgan fingerprint density at radius 2 is 2.00 bits per heavy atom. The van der Waals surface area contributed by atoms with Gasteiger partial charge in [0.25, 0.3) is 0 Å². The molecule has 108 valence electrons. The van der Waals surface area contributed by atoms with Crippen molar-refractivity contribution in [2.24, 2.45) is 0 Å². The Morgan fingerprint density at radius 1 is 1.30 bits per heavy atom. The van der Waals surface area contributed by atoms with Crippen LogP contribution >= 0.6 is 0 Å². The van der Waals surface area contributed by atoms with Crippen LogP contribution in [-0.4, -0.2) is 39.0 Å². The van der Waals surface area contributed by atoms with Gasteiger partial charge >= 0.3 is 0 Å². The number of hydrogen-bond donors (Lipinski definition) is 0. The van der Waals surface area contributed by atoms with Crippen LogP contribution in [0.1, 0.15) is 13.3 Å². The van der Waals surface area contributed by atoms with Crippen LogP contribution in [0.15, 0.2) is 23.1 Å². The molecule has 20 heavy (non-hydrogen) atoms. The minimum Gasteiger partial charge on any atom is -0.486 e. The topological polar surface area (TPSA) is 79.6 Å². The fourth-order valence-corrected chi connectivity index (χ4v) is 3.42. The number of benzene rings is 1. The average Bonchev–Trinajstić information content (AvgIpc) is 2.47. The van der Waals surface area contributed by atoms with Crippen LogP contribution in [-0.2, 0) is 10.0 Å². The number of nitrogens with zero attached hydrogens (tertiary/aromatic N) is 2. The molecule has 0 aromatic heterocycles. The van der Waals surface area contributed by atoms with Crippen molar-refractivity contribution in [1.29, 1.82) is 5.26 Å². The third-order valence-corrected chi connectivity index (χ3v) is 4.95. The van der Waals surface area contributed by atoms with Crippen molar-refractivity contribution >= 4 is 10.0 Å². The molecule has 0 radical (unpaired) electrons. The quantitative estimate of drug-likeness (QED) is 0.820. The molecule has 1 aliphatic rings. The second-order valence-electron chi connectivity index (χ2n) is 4.21. The van der Waals surface area contributed by atoms with E-state index in [1.54, 1.807) is 13.0 Å². The van der Waals surface area contributed by atoms with Crippen LogP contribution in [0.2, 0.25) is 0 Å². The van der Waals surface area contributed by atoms with Crippen molar-refractivity contribution in [2.75, 3.05) is 26.3 Å². The van der Waals surface area contributed by atoms with Crippen LogP contribution in [0.25, 0.3) is 0 Å². The first kappa shape index (κ1) is 14.6. The van der Waals surface area contributed by atoms with Crippen molar-refractivity contribution in [1.82, 2.24) is 4.31 Å². The lowest BCUT2D eigenvalue weighted by molar-refractivity contribution is 0.171. The Bertz CT molecular complexity index is 622. The number of fused-ring (bicyclic) bond motifs is 1. The molecule has 1 aliphatic heterocycles. The molecule has 0 N–H and O–H groups in total. The molecule has 7 heteroatoms. The molecule has 0 unspecified atom stereocenters. The third-order valence-electron chi connectivity index (χ3n) is 2.98. The average molecular weight is 296 g/mol. The number of nitriles is 1. The van der Waals surface area contributed by atoms with E-state index in [9.17, 15) is 8.42 Å². The molecule has 0 bridgehead atoms. The van der Waals surface area contributed by atoms with E-state index in [4.69, 9.17) is 14.7 Å². The summed E-state index contributed by atoms with van der Waals surface area (Å²) >= 11 is 0. The molecule has 1 aromatic carbocycles. The molecule has 0 fully saturated rings. The molecule has 0 aliphatic carbocycles. The van der Waals surface area contributed by atoms with Crippen LogP contribution in [0.3, 0.4) is 0 Å². The van der Waals surface area contributed by atoms with Crippen molar-refractivity contribution in [3.05, 3.63) is 18.2 Å². The van der Waals surface area contributed by atoms with Gasteiger partial charge in [-0.25, -0.2) is 8.42 Å². The summed E-state index contributed by atoms with van der Waals surface area (Å²) in [7, 11) is -3.61. The van der Waals surface area contributed by atoms with Gasteiger partial charge in [0.2, 0.25) is 10.0 Å². The van der Waals surface area contributed by atoms with E-state index in [2.05, 4.69) is 0 Å². The monoisotopic (exact) mass is 296 g/mol. The van der Waals surface area contributed by atoms with E-state index >= 15 is 0 Å². The second kappa shape index (κ2) is 6.11. The first-order valence-electron chi connectivity index (χ1n) is 6.36. The second-order valence-corrected chi connectivity index (χ2v) is 6.15. The molecule has 0 amide bonds. The zero-order valence-corrected chi connectivity index (χ0v) is 12.0. The molecule has 2 rings (SSSR count). The first-order valence-corrected chi connectivity index (χ1v) is 7.80. The molecular formula is C13H16N2O4S. The van der Waals surface area contributed by atoms with Gasteiger partial charge in [-0.1, -0.05) is 6.92 Å². The predicted octanol–water partition coefficient (Wildman–Crippen LogP) is 1.38. The lowest BCUT2D eigenvalue weighted by Gasteiger charge is -2.22. The molecule has 0 saturated carbocycles. The van der Waals surface area contributed by atoms with Crippen LogP contribution in [0, 0.1) is 11.3 Å². The van der Waals surface area contributed by atoms with Crippen molar-refractivity contribution < 1.29 is 17.9 Å². The third kappa shape index (κ3) is 2.86. The van der Waals surface area contributed by atoms with E-state index in [-0.39, 0.29) is 17.9 Å². The largest absolute Gasteiger partial charge is 0.486 e. The summed E-state index contributed by atoms with van der Waals surface area (Å²) in [5.74, 6) is 0.990. The Balaban J connectivity index is 2.31. The fraction of sp³-hybridized carbons (Fsp3) is 0.462. The Labute approximate surface area is 118 Å². The maximum Gasteiger partial charge on any atom is 0.243 e. The maximum atomic E-state index is 12.5. The van der Waals surface area contributed by atoms with Gasteiger partial charge in [0.1, 0.15) is 13.2 Å². The first-order chi connectivity index (χ1) is 9.59. The molecule has 1 aromatic rings. The van der Waals surface area contributed by atoms with Gasteiger partial charge in [0.15, 0.2) is 11.5 Å². The lowest BCUT2D eigenvalue weighted by atomic mass is 10.3. The maximum absolute atomic E-state index is 12.5. The summed E-state index contributed by atoms with van der Waals surface area (Å²) in [5, 5.41) is 8.60. The van der Waals surface area contributed by atoms with E-state index in [0.717, 1.165) is 0 Å². The van der Waals surface area contributed by atoms with Crippen LogP contribution < -0.4 is 9.47 Å². The van der Waals surface area contributed by atoms with Gasteiger partial charge in [-0.3, -0.25) is 0 Å². The summed E-state index contributed by atoms with van der Waals surface area (Å²) < 4.78 is 37.0. The van der Waals surface area contributed by atoms with Crippen LogP contribution in [0.5, 0.6) is 11.5 Å². The molecular weight excluding hydrogens is 280 g/mol. The Hall–Kier alpha value is -1.78. The van der Waals surface area contributed by atoms with Gasteiger partial charge in [0.05, 0.1) is 11.0 Å². The van der Waals surface area contributed by atoms with E-state index in [0.29, 0.717) is 31.3 Å². The Morgan fingerprint density at radius 3 is 2.65 bits per heavy atom. The number of rotatable bonds is 5. The van der Waals surface area contributed by atoms with E-state index in [1.807, 2.05) is 6.07 Å². The van der Waals surface area contributed by atoms with Crippen LogP contribution in [0.4, 0.5) is 0 Å². The highest BCUT2D eigenvalue weighted by Crippen LogP contribution is 2.33. The zero-order chi connectivity index (χ0) is 14.6. The summed E-state index contributed by atoms with van der Waals surface area (Å²) in [6.07, 6.45) is 0.164. The Kier molecular flexibility index (Phi) is 4.47. The van der Waals surface area contributed by atoms with E-state index < -0.39 is 10.0 Å². The zero-order valence-electron chi connectivity index (χ0n) is 11.2. The summed E-state index contributed by atoms with van der Waals surface area (Å²) in [6, 6.07) is 6.52. The summed E-state index contributed by atoms with van der Waals surface area (Å²) in [4.78, 5) is 0.154. The fourth-order valence-electron chi connectivity index (χ4n) is 1.96. The minimum atomic E-state index is -3.61. The highest BCUT2D eigenvalue weighted by Gasteiger charge is 2.25. The molecule has 6 nitrogen and oxygen atoms in total. The molecule has 0 atom stereocenters. The number of sulfonamides is 1. The smallest absolute Gasteiger partial charge is 0.243 e. The standard InChI is InChI=1S/C13H16N2O4S/c1-2-15(7-3-6-14)20(16,17)11-4-5-12-13(10-11)19-9-8-18-12/h4-5,10H,2-3,7-9H2,1H3. The van der Waals surface area contributed by atoms with E-state index in [1.165, 1.54) is 16.4 Å². The number of ether oxygens (including phenoxy) is 2. The lowest BCUT2D eigenvalue weighted by Crippen LogP contribution is -2.31. The highest BCUT2D eigenvalue weighted by molar-refractivity contribution is 7.89. The summed E-state index contributed by atoms with van der Waals surface area (Å²) in [5.41, 5.74) is 0. The van der Waals surface area contributed by atoms with Gasteiger partial charge in [-0.15, -0.1) is 0 Å². The van der Waals surface area contributed by atoms with Crippen molar-refractivity contribution in [3.8, 4) is 17.6 Å². The summed E-state index contributed by atoms with van der Waals surface area (Å²) in [6.45, 7) is 3.11. The van der Waals surface area contributed by atoms with Gasteiger partial charge < -0.3 is 9.47 Å². The normalized spacial score (nSPS) is 14.1. The van der Waals surface area contributed by atoms with Gasteiger partial charge in [-0.2, -0.15) is 9.57 Å². The minimum absolute atomic E-state index is 0.154. The van der Waals surface area contributed by atoms with Gasteiger partial charge in [0, 0.05) is 25.6 Å². The highest BCUT2D eigenvalue weighted by atomic mass is 32.2. The van der Waals surface area contributed by atoms with Gasteiger partial charge in [-0.05, 0) is 12.1 Å². The SMILES string of the molecule is CCN(CCC#N)S(=O)(=O)c1ccc2c(c1)OCCO2. The van der Waals surface area contributed by atoms with Crippen molar-refractivity contribution in [2.45, 2.75) is 18.2 Å². The predicted molar refractivity (Wildman–Crippen MR) is 72.1 cm³/mol.